The molecule has 1 saturated heterocycles. The molecule has 3 rings (SSSR count). The van der Waals surface area contributed by atoms with Crippen molar-refractivity contribution in [1.82, 2.24) is 10.3 Å². The molecule has 2 nitrogen and oxygen atoms in total. The second-order valence-corrected chi connectivity index (χ2v) is 5.79. The van der Waals surface area contributed by atoms with Crippen LogP contribution in [-0.4, -0.2) is 17.6 Å². The SMILES string of the molecule is CC1CCC(CCc2ccc3ccccc3n2)CN1. The predicted molar refractivity (Wildman–Crippen MR) is 80.3 cm³/mol. The van der Waals surface area contributed by atoms with Crippen LogP contribution in [0.2, 0.25) is 0 Å². The maximum Gasteiger partial charge on any atom is 0.0705 e. The van der Waals surface area contributed by atoms with Crippen LogP contribution < -0.4 is 5.32 Å². The van der Waals surface area contributed by atoms with Crippen LogP contribution in [0.5, 0.6) is 0 Å². The van der Waals surface area contributed by atoms with E-state index in [4.69, 9.17) is 4.98 Å². The summed E-state index contributed by atoms with van der Waals surface area (Å²) in [6.45, 7) is 3.45. The Labute approximate surface area is 115 Å². The molecule has 1 aliphatic heterocycles. The van der Waals surface area contributed by atoms with E-state index in [1.807, 2.05) is 0 Å². The van der Waals surface area contributed by atoms with Gasteiger partial charge in [-0.3, -0.25) is 4.98 Å². The average molecular weight is 254 g/mol. The normalized spacial score (nSPS) is 23.6. The molecule has 2 heteroatoms. The molecule has 0 bridgehead atoms. The third-order valence-electron chi connectivity index (χ3n) is 4.23. The molecule has 1 N–H and O–H groups in total. The Balaban J connectivity index is 1.62. The fraction of sp³-hybridized carbons (Fsp3) is 0.471. The number of piperidine rings is 1. The number of para-hydroxylation sites is 1. The van der Waals surface area contributed by atoms with E-state index in [0.717, 1.165) is 17.9 Å². The van der Waals surface area contributed by atoms with Crippen LogP contribution in [0.3, 0.4) is 0 Å². The number of fused-ring (bicyclic) bond motifs is 1. The van der Waals surface area contributed by atoms with Gasteiger partial charge in [0, 0.05) is 17.1 Å². The number of pyridine rings is 1. The van der Waals surface area contributed by atoms with E-state index in [0.29, 0.717) is 6.04 Å². The van der Waals surface area contributed by atoms with Gasteiger partial charge in [0.05, 0.1) is 5.52 Å². The second kappa shape index (κ2) is 5.70. The fourth-order valence-corrected chi connectivity index (χ4v) is 2.90. The molecule has 0 radical (unpaired) electrons. The molecule has 1 fully saturated rings. The molecule has 0 spiro atoms. The molecule has 1 aromatic carbocycles. The van der Waals surface area contributed by atoms with E-state index in [1.165, 1.54) is 36.9 Å². The maximum atomic E-state index is 4.75. The number of nitrogens with one attached hydrogen (secondary N) is 1. The van der Waals surface area contributed by atoms with Gasteiger partial charge in [0.2, 0.25) is 0 Å². The number of hydrogen-bond acceptors (Lipinski definition) is 2. The maximum absolute atomic E-state index is 4.75. The molecule has 1 aromatic heterocycles. The zero-order valence-corrected chi connectivity index (χ0v) is 11.6. The van der Waals surface area contributed by atoms with Crippen molar-refractivity contribution in [1.29, 1.82) is 0 Å². The largest absolute Gasteiger partial charge is 0.314 e. The minimum atomic E-state index is 0.704. The molecule has 0 aliphatic carbocycles. The summed E-state index contributed by atoms with van der Waals surface area (Å²) in [5.41, 5.74) is 2.35. The first kappa shape index (κ1) is 12.6. The highest BCUT2D eigenvalue weighted by Crippen LogP contribution is 2.20. The van der Waals surface area contributed by atoms with Crippen LogP contribution in [0.4, 0.5) is 0 Å². The Morgan fingerprint density at radius 1 is 1.16 bits per heavy atom. The standard InChI is InChI=1S/C17H22N2/c1-13-6-7-14(12-18-13)8-10-16-11-9-15-4-2-3-5-17(15)19-16/h2-5,9,11,13-14,18H,6-8,10,12H2,1H3. The van der Waals surface area contributed by atoms with Crippen LogP contribution in [0.15, 0.2) is 36.4 Å². The van der Waals surface area contributed by atoms with Gasteiger partial charge in [-0.2, -0.15) is 0 Å². The summed E-state index contributed by atoms with van der Waals surface area (Å²) in [7, 11) is 0. The van der Waals surface area contributed by atoms with Crippen molar-refractivity contribution in [2.24, 2.45) is 5.92 Å². The van der Waals surface area contributed by atoms with E-state index in [-0.39, 0.29) is 0 Å². The van der Waals surface area contributed by atoms with Crippen molar-refractivity contribution >= 4 is 10.9 Å². The third kappa shape index (κ3) is 3.13. The lowest BCUT2D eigenvalue weighted by atomic mass is 9.91. The number of rotatable bonds is 3. The van der Waals surface area contributed by atoms with E-state index in [1.54, 1.807) is 0 Å². The van der Waals surface area contributed by atoms with Crippen LogP contribution in [-0.2, 0) is 6.42 Å². The quantitative estimate of drug-likeness (QED) is 0.906. The lowest BCUT2D eigenvalue weighted by Crippen LogP contribution is -2.36. The molecular weight excluding hydrogens is 232 g/mol. The first-order chi connectivity index (χ1) is 9.31. The van der Waals surface area contributed by atoms with Crippen LogP contribution in [0.25, 0.3) is 10.9 Å². The summed E-state index contributed by atoms with van der Waals surface area (Å²) in [5, 5.41) is 4.81. The Morgan fingerprint density at radius 3 is 2.89 bits per heavy atom. The highest BCUT2D eigenvalue weighted by atomic mass is 14.9. The van der Waals surface area contributed by atoms with Crippen molar-refractivity contribution in [2.75, 3.05) is 6.54 Å². The summed E-state index contributed by atoms with van der Waals surface area (Å²) in [6, 6.07) is 13.4. The third-order valence-corrected chi connectivity index (χ3v) is 4.23. The Hall–Kier alpha value is -1.41. The number of hydrogen-bond donors (Lipinski definition) is 1. The highest BCUT2D eigenvalue weighted by Gasteiger charge is 2.17. The van der Waals surface area contributed by atoms with Crippen molar-refractivity contribution in [3.63, 3.8) is 0 Å². The second-order valence-electron chi connectivity index (χ2n) is 5.79. The summed E-state index contributed by atoms with van der Waals surface area (Å²) in [5.74, 6) is 0.824. The highest BCUT2D eigenvalue weighted by molar-refractivity contribution is 5.78. The van der Waals surface area contributed by atoms with E-state index >= 15 is 0 Å². The van der Waals surface area contributed by atoms with Gasteiger partial charge in [0.1, 0.15) is 0 Å². The molecule has 2 unspecified atom stereocenters. The molecule has 0 amide bonds. The van der Waals surface area contributed by atoms with Gasteiger partial charge in [-0.1, -0.05) is 24.3 Å². The minimum absolute atomic E-state index is 0.704. The van der Waals surface area contributed by atoms with Gasteiger partial charge in [0.25, 0.3) is 0 Å². The number of aryl methyl sites for hydroxylation is 1. The Morgan fingerprint density at radius 2 is 2.05 bits per heavy atom. The van der Waals surface area contributed by atoms with Gasteiger partial charge >= 0.3 is 0 Å². The van der Waals surface area contributed by atoms with Gasteiger partial charge in [-0.15, -0.1) is 0 Å². The average Bonchev–Trinajstić information content (AvgIpc) is 2.46. The van der Waals surface area contributed by atoms with Gasteiger partial charge < -0.3 is 5.32 Å². The molecule has 2 atom stereocenters. The minimum Gasteiger partial charge on any atom is -0.314 e. The monoisotopic (exact) mass is 254 g/mol. The topological polar surface area (TPSA) is 24.9 Å². The smallest absolute Gasteiger partial charge is 0.0705 e. The molecule has 2 heterocycles. The zero-order chi connectivity index (χ0) is 13.1. The number of benzene rings is 1. The fourth-order valence-electron chi connectivity index (χ4n) is 2.90. The van der Waals surface area contributed by atoms with Gasteiger partial charge in [-0.25, -0.2) is 0 Å². The van der Waals surface area contributed by atoms with Crippen molar-refractivity contribution in [3.05, 3.63) is 42.1 Å². The molecule has 19 heavy (non-hydrogen) atoms. The summed E-state index contributed by atoms with van der Waals surface area (Å²) in [4.78, 5) is 4.75. The molecule has 2 aromatic rings. The van der Waals surface area contributed by atoms with E-state index < -0.39 is 0 Å². The van der Waals surface area contributed by atoms with E-state index in [9.17, 15) is 0 Å². The number of nitrogens with zero attached hydrogens (tertiary/aromatic N) is 1. The Bertz CT molecular complexity index is 542. The molecule has 1 aliphatic rings. The summed E-state index contributed by atoms with van der Waals surface area (Å²) >= 11 is 0. The van der Waals surface area contributed by atoms with Gasteiger partial charge in [-0.05, 0) is 57.2 Å². The van der Waals surface area contributed by atoms with Gasteiger partial charge in [0.15, 0.2) is 0 Å². The summed E-state index contributed by atoms with van der Waals surface area (Å²) < 4.78 is 0. The lowest BCUT2D eigenvalue weighted by Gasteiger charge is -2.27. The number of aromatic nitrogens is 1. The zero-order valence-electron chi connectivity index (χ0n) is 11.6. The molecule has 0 saturated carbocycles. The van der Waals surface area contributed by atoms with Crippen LogP contribution in [0.1, 0.15) is 31.9 Å². The van der Waals surface area contributed by atoms with Crippen molar-refractivity contribution in [2.45, 2.75) is 38.6 Å². The molecule has 100 valence electrons. The van der Waals surface area contributed by atoms with Crippen molar-refractivity contribution < 1.29 is 0 Å². The first-order valence-corrected chi connectivity index (χ1v) is 7.39. The Kier molecular flexibility index (Phi) is 3.79. The summed E-state index contributed by atoms with van der Waals surface area (Å²) in [6.07, 6.45) is 5.04. The first-order valence-electron chi connectivity index (χ1n) is 7.39. The predicted octanol–water partition coefficient (Wildman–Crippen LogP) is 3.56. The van der Waals surface area contributed by atoms with E-state index in [2.05, 4.69) is 48.6 Å². The lowest BCUT2D eigenvalue weighted by molar-refractivity contribution is 0.309. The van der Waals surface area contributed by atoms with Crippen LogP contribution >= 0.6 is 0 Å². The molecular formula is C17H22N2. The van der Waals surface area contributed by atoms with Crippen LogP contribution in [0, 0.1) is 5.92 Å². The van der Waals surface area contributed by atoms with Crippen molar-refractivity contribution in [3.8, 4) is 0 Å².